The zero-order chi connectivity index (χ0) is 30.7. The molecule has 12 heteroatoms. The summed E-state index contributed by atoms with van der Waals surface area (Å²) in [5, 5.41) is 10.2. The summed E-state index contributed by atoms with van der Waals surface area (Å²) in [6, 6.07) is 12.3. The summed E-state index contributed by atoms with van der Waals surface area (Å²) < 4.78 is 27.9. The van der Waals surface area contributed by atoms with Gasteiger partial charge in [-0.15, -0.1) is 0 Å². The Balaban J connectivity index is 1.35. The van der Waals surface area contributed by atoms with Crippen molar-refractivity contribution >= 4 is 49.3 Å². The van der Waals surface area contributed by atoms with Gasteiger partial charge in [-0.2, -0.15) is 0 Å². The van der Waals surface area contributed by atoms with E-state index in [4.69, 9.17) is 21.1 Å². The number of likely N-dealkylation sites (tertiary alicyclic amines) is 1. The van der Waals surface area contributed by atoms with Gasteiger partial charge in [0.25, 0.3) is 5.91 Å². The van der Waals surface area contributed by atoms with Crippen molar-refractivity contribution < 1.29 is 33.1 Å². The second-order valence-electron chi connectivity index (χ2n) is 12.5. The van der Waals surface area contributed by atoms with Crippen molar-refractivity contribution in [2.24, 2.45) is 5.92 Å². The van der Waals surface area contributed by atoms with Crippen LogP contribution in [0.5, 0.6) is 0 Å². The Morgan fingerprint density at radius 2 is 1.98 bits per heavy atom. The van der Waals surface area contributed by atoms with Gasteiger partial charge >= 0.3 is 6.09 Å². The monoisotopic (exact) mass is 629 g/mol. The summed E-state index contributed by atoms with van der Waals surface area (Å²) in [5.74, 6) is -1.08. The normalized spacial score (nSPS) is 28.7. The standard InChI is InChI=1S/C31H37ClFN3O6Si/c1-19-28(43(2,3)33)26(16-27(38)34-11-5-8-23(34)18-37)42-31(19)24-15-21(32)9-10-25(24)36(29(31)39)17-20-6-4-7-22(14-20)35-12-13-41-30(35)40/h4,6-7,9-10,14-15,19,23,26,28,37H,5,8,11-13,16-18H2,1-3H3/t19-,23+,26+,28-,31+/m1/s1. The topological polar surface area (TPSA) is 99.6 Å². The number of carbonyl (C=O) groups excluding carboxylic acids is 3. The van der Waals surface area contributed by atoms with Crippen LogP contribution in [0.25, 0.3) is 0 Å². The zero-order valence-electron chi connectivity index (χ0n) is 24.6. The molecule has 3 saturated heterocycles. The van der Waals surface area contributed by atoms with Gasteiger partial charge in [0.2, 0.25) is 14.3 Å². The third kappa shape index (κ3) is 5.03. The van der Waals surface area contributed by atoms with Gasteiger partial charge in [-0.1, -0.05) is 30.7 Å². The van der Waals surface area contributed by atoms with E-state index in [1.165, 1.54) is 0 Å². The molecule has 0 aromatic heterocycles. The Morgan fingerprint density at radius 3 is 2.67 bits per heavy atom. The van der Waals surface area contributed by atoms with Crippen molar-refractivity contribution in [1.29, 1.82) is 0 Å². The predicted molar refractivity (Wildman–Crippen MR) is 162 cm³/mol. The summed E-state index contributed by atoms with van der Waals surface area (Å²) in [7, 11) is -3.46. The second kappa shape index (κ2) is 11.2. The molecular weight excluding hydrogens is 593 g/mol. The minimum absolute atomic E-state index is 0.0647. The van der Waals surface area contributed by atoms with E-state index in [-0.39, 0.29) is 37.4 Å². The third-order valence-corrected chi connectivity index (χ3v) is 12.2. The van der Waals surface area contributed by atoms with Crippen LogP contribution in [0.1, 0.15) is 37.3 Å². The molecule has 0 unspecified atom stereocenters. The molecule has 0 aliphatic carbocycles. The Hall–Kier alpha value is -2.99. The van der Waals surface area contributed by atoms with Crippen molar-refractivity contribution in [1.82, 2.24) is 4.90 Å². The molecule has 4 aliphatic heterocycles. The number of halogens is 2. The third-order valence-electron chi connectivity index (χ3n) is 9.53. The fourth-order valence-electron chi connectivity index (χ4n) is 7.65. The minimum atomic E-state index is -3.46. The van der Waals surface area contributed by atoms with Crippen molar-refractivity contribution in [3.05, 3.63) is 58.6 Å². The maximum atomic E-state index is 16.2. The lowest BCUT2D eigenvalue weighted by atomic mass is 9.82. The Bertz CT molecular complexity index is 1450. The summed E-state index contributed by atoms with van der Waals surface area (Å²) >= 11 is 6.48. The number of ether oxygens (including phenoxy) is 2. The van der Waals surface area contributed by atoms with E-state index in [9.17, 15) is 19.5 Å². The van der Waals surface area contributed by atoms with Crippen LogP contribution in [0.15, 0.2) is 42.5 Å². The number of rotatable bonds is 7. The lowest BCUT2D eigenvalue weighted by Crippen LogP contribution is -2.45. The van der Waals surface area contributed by atoms with Crippen LogP contribution in [-0.4, -0.2) is 74.8 Å². The Kier molecular flexibility index (Phi) is 7.81. The van der Waals surface area contributed by atoms with Gasteiger partial charge in [0.15, 0.2) is 5.60 Å². The van der Waals surface area contributed by atoms with E-state index in [0.29, 0.717) is 41.7 Å². The lowest BCUT2D eigenvalue weighted by molar-refractivity contribution is -0.150. The number of hydrogen-bond donors (Lipinski definition) is 1. The first-order valence-electron chi connectivity index (χ1n) is 14.9. The molecule has 9 nitrogen and oxygen atoms in total. The van der Waals surface area contributed by atoms with Crippen LogP contribution in [0.2, 0.25) is 23.7 Å². The predicted octanol–water partition coefficient (Wildman–Crippen LogP) is 4.99. The molecule has 2 aromatic rings. The van der Waals surface area contributed by atoms with E-state index < -0.39 is 37.7 Å². The first-order valence-corrected chi connectivity index (χ1v) is 18.2. The first kappa shape index (κ1) is 30.1. The van der Waals surface area contributed by atoms with E-state index in [1.54, 1.807) is 46.0 Å². The number of aliphatic hydroxyl groups is 1. The van der Waals surface area contributed by atoms with Crippen LogP contribution >= 0.6 is 11.6 Å². The van der Waals surface area contributed by atoms with Gasteiger partial charge in [-0.3, -0.25) is 14.5 Å². The SMILES string of the molecule is C[C@@H]1[C@@H]([Si](C)(C)F)[C@H](CC(=O)N2CCC[C@H]2CO)O[C@@]12C(=O)N(Cc1cccc(N3CCOC3=O)c1)c1ccc(Cl)cc12. The van der Waals surface area contributed by atoms with Gasteiger partial charge in [-0.25, -0.2) is 4.79 Å². The van der Waals surface area contributed by atoms with Gasteiger partial charge in [0.1, 0.15) is 6.61 Å². The Morgan fingerprint density at radius 1 is 1.19 bits per heavy atom. The van der Waals surface area contributed by atoms with Gasteiger partial charge < -0.3 is 28.5 Å². The highest BCUT2D eigenvalue weighted by Gasteiger charge is 2.67. The first-order chi connectivity index (χ1) is 20.5. The van der Waals surface area contributed by atoms with E-state index in [0.717, 1.165) is 18.4 Å². The Labute approximate surface area is 256 Å². The van der Waals surface area contributed by atoms with Crippen molar-refractivity contribution in [2.45, 2.75) is 69.1 Å². The van der Waals surface area contributed by atoms with Gasteiger partial charge in [0.05, 0.1) is 44.0 Å². The summed E-state index contributed by atoms with van der Waals surface area (Å²) in [4.78, 5) is 45.1. The fourth-order valence-corrected chi connectivity index (χ4v) is 10.3. The maximum Gasteiger partial charge on any atom is 0.414 e. The molecule has 2 aromatic carbocycles. The molecule has 1 spiro atoms. The number of benzene rings is 2. The zero-order valence-corrected chi connectivity index (χ0v) is 26.3. The number of nitrogens with zero attached hydrogens (tertiary/aromatic N) is 3. The summed E-state index contributed by atoms with van der Waals surface area (Å²) in [6.45, 7) is 6.43. The highest BCUT2D eigenvalue weighted by molar-refractivity contribution is 6.72. The van der Waals surface area contributed by atoms with Crippen molar-refractivity contribution in [2.75, 3.05) is 36.1 Å². The minimum Gasteiger partial charge on any atom is -0.447 e. The fraction of sp³-hybridized carbons (Fsp3) is 0.516. The molecule has 4 heterocycles. The second-order valence-corrected chi connectivity index (χ2v) is 16.8. The molecular formula is C31H37ClFN3O6Si. The average Bonchev–Trinajstić information content (AvgIpc) is 3.72. The van der Waals surface area contributed by atoms with E-state index in [2.05, 4.69) is 0 Å². The van der Waals surface area contributed by atoms with Gasteiger partial charge in [0, 0.05) is 34.3 Å². The molecule has 4 aliphatic rings. The maximum absolute atomic E-state index is 16.2. The number of cyclic esters (lactones) is 1. The molecule has 0 saturated carbocycles. The number of carbonyl (C=O) groups is 3. The molecule has 6 rings (SSSR count). The largest absolute Gasteiger partial charge is 0.447 e. The highest BCUT2D eigenvalue weighted by atomic mass is 35.5. The van der Waals surface area contributed by atoms with Crippen LogP contribution in [0.4, 0.5) is 20.3 Å². The smallest absolute Gasteiger partial charge is 0.414 e. The average molecular weight is 630 g/mol. The van der Waals surface area contributed by atoms with Gasteiger partial charge in [-0.05, 0) is 61.8 Å². The molecule has 3 fully saturated rings. The highest BCUT2D eigenvalue weighted by Crippen LogP contribution is 2.60. The number of hydrogen-bond acceptors (Lipinski definition) is 6. The summed E-state index contributed by atoms with van der Waals surface area (Å²) in [5.41, 5.74) is 0.522. The lowest BCUT2D eigenvalue weighted by Gasteiger charge is -2.31. The number of fused-ring (bicyclic) bond motifs is 2. The molecule has 3 amide bonds. The quantitative estimate of drug-likeness (QED) is 0.342. The molecule has 230 valence electrons. The van der Waals surface area contributed by atoms with Crippen LogP contribution in [0, 0.1) is 5.92 Å². The number of amides is 3. The van der Waals surface area contributed by atoms with Crippen molar-refractivity contribution in [3.8, 4) is 0 Å². The molecule has 1 N–H and O–H groups in total. The van der Waals surface area contributed by atoms with Crippen LogP contribution in [0.3, 0.4) is 0 Å². The van der Waals surface area contributed by atoms with E-state index >= 15 is 4.11 Å². The molecule has 0 bridgehead atoms. The summed E-state index contributed by atoms with van der Waals surface area (Å²) in [6.07, 6.45) is 0.236. The van der Waals surface area contributed by atoms with Crippen LogP contribution < -0.4 is 9.80 Å². The number of aliphatic hydroxyl groups excluding tert-OH is 1. The van der Waals surface area contributed by atoms with E-state index in [1.807, 2.05) is 31.2 Å². The molecule has 0 radical (unpaired) electrons. The molecule has 43 heavy (non-hydrogen) atoms. The van der Waals surface area contributed by atoms with Crippen LogP contribution in [-0.2, 0) is 31.2 Å². The number of anilines is 2. The molecule has 5 atom stereocenters. The van der Waals surface area contributed by atoms with Crippen molar-refractivity contribution in [3.63, 3.8) is 0 Å².